The van der Waals surface area contributed by atoms with Gasteiger partial charge < -0.3 is 10.3 Å². The van der Waals surface area contributed by atoms with E-state index in [-0.39, 0.29) is 5.56 Å². The first kappa shape index (κ1) is 18.0. The van der Waals surface area contributed by atoms with E-state index in [1.54, 1.807) is 30.3 Å². The number of anilines is 1. The summed E-state index contributed by atoms with van der Waals surface area (Å²) >= 11 is 11.9. The zero-order chi connectivity index (χ0) is 18.8. The topological polar surface area (TPSA) is 84.0 Å². The average molecular weight is 390 g/mol. The molecule has 0 bridgehead atoms. The first-order valence-corrected chi connectivity index (χ1v) is 8.30. The Kier molecular flexibility index (Phi) is 4.97. The smallest absolute Gasteiger partial charge is 0.322 e. The van der Waals surface area contributed by atoms with E-state index in [1.165, 1.54) is 12.1 Å². The van der Waals surface area contributed by atoms with Crippen LogP contribution in [0.25, 0.3) is 5.69 Å². The van der Waals surface area contributed by atoms with Crippen LogP contribution in [0.2, 0.25) is 10.0 Å². The van der Waals surface area contributed by atoms with Crippen LogP contribution in [-0.4, -0.2) is 15.5 Å². The van der Waals surface area contributed by atoms with Crippen molar-refractivity contribution in [3.63, 3.8) is 0 Å². The second-order valence-corrected chi connectivity index (χ2v) is 6.39. The highest BCUT2D eigenvalue weighted by Crippen LogP contribution is 2.20. The summed E-state index contributed by atoms with van der Waals surface area (Å²) < 4.78 is 0.868. The van der Waals surface area contributed by atoms with E-state index < -0.39 is 17.2 Å². The summed E-state index contributed by atoms with van der Waals surface area (Å²) in [7, 11) is 0. The number of amides is 1. The van der Waals surface area contributed by atoms with Crippen LogP contribution in [0.3, 0.4) is 0 Å². The van der Waals surface area contributed by atoms with E-state index in [9.17, 15) is 14.4 Å². The maximum atomic E-state index is 12.7. The van der Waals surface area contributed by atoms with Gasteiger partial charge in [-0.2, -0.15) is 0 Å². The number of rotatable bonds is 3. The highest BCUT2D eigenvalue weighted by molar-refractivity contribution is 6.31. The van der Waals surface area contributed by atoms with Gasteiger partial charge in [-0.25, -0.2) is 9.36 Å². The summed E-state index contributed by atoms with van der Waals surface area (Å²) in [6, 6.07) is 11.1. The maximum Gasteiger partial charge on any atom is 0.333 e. The molecule has 0 saturated carbocycles. The Hall–Kier alpha value is -2.83. The van der Waals surface area contributed by atoms with Crippen molar-refractivity contribution < 1.29 is 4.79 Å². The lowest BCUT2D eigenvalue weighted by molar-refractivity contribution is 0.102. The predicted molar refractivity (Wildman–Crippen MR) is 102 cm³/mol. The Morgan fingerprint density at radius 2 is 1.77 bits per heavy atom. The number of aryl methyl sites for hydroxylation is 1. The molecule has 0 fully saturated rings. The third-order valence-corrected chi connectivity index (χ3v) is 4.39. The van der Waals surface area contributed by atoms with Gasteiger partial charge >= 0.3 is 5.69 Å². The lowest BCUT2D eigenvalue weighted by atomic mass is 10.2. The molecule has 1 aromatic heterocycles. The second kappa shape index (κ2) is 7.19. The number of benzene rings is 2. The minimum atomic E-state index is -0.744. The molecule has 26 heavy (non-hydrogen) atoms. The Bertz CT molecular complexity index is 1100. The van der Waals surface area contributed by atoms with Gasteiger partial charge in [0, 0.05) is 21.9 Å². The molecule has 0 atom stereocenters. The lowest BCUT2D eigenvalue weighted by Gasteiger charge is -2.09. The maximum absolute atomic E-state index is 12.7. The van der Waals surface area contributed by atoms with Gasteiger partial charge in [0.1, 0.15) is 5.56 Å². The van der Waals surface area contributed by atoms with Crippen LogP contribution < -0.4 is 16.6 Å². The molecule has 2 N–H and O–H groups in total. The summed E-state index contributed by atoms with van der Waals surface area (Å²) in [4.78, 5) is 39.6. The van der Waals surface area contributed by atoms with Crippen molar-refractivity contribution in [3.05, 3.63) is 90.7 Å². The van der Waals surface area contributed by atoms with E-state index in [2.05, 4.69) is 10.3 Å². The molecule has 6 nitrogen and oxygen atoms in total. The molecule has 3 aromatic rings. The molecule has 0 spiro atoms. The number of H-pyrrole nitrogens is 1. The van der Waals surface area contributed by atoms with Crippen LogP contribution in [0.1, 0.15) is 15.9 Å². The van der Waals surface area contributed by atoms with Gasteiger partial charge in [0.25, 0.3) is 11.5 Å². The number of carbonyl (C=O) groups excluding carboxylic acids is 1. The van der Waals surface area contributed by atoms with E-state index in [0.717, 1.165) is 16.3 Å². The molecule has 8 heteroatoms. The Morgan fingerprint density at radius 3 is 2.42 bits per heavy atom. The molecule has 1 amide bonds. The number of hydrogen-bond donors (Lipinski definition) is 2. The van der Waals surface area contributed by atoms with Crippen molar-refractivity contribution in [2.75, 3.05) is 5.32 Å². The highest BCUT2D eigenvalue weighted by atomic mass is 35.5. The van der Waals surface area contributed by atoms with Crippen molar-refractivity contribution >= 4 is 34.8 Å². The number of aromatic nitrogens is 2. The molecule has 0 saturated heterocycles. The van der Waals surface area contributed by atoms with Crippen LogP contribution in [0.4, 0.5) is 5.69 Å². The lowest BCUT2D eigenvalue weighted by Crippen LogP contribution is -2.38. The molecular weight excluding hydrogens is 377 g/mol. The SMILES string of the molecule is Cc1ccc(NC(=O)c2c[nH]c(=O)n(-c3ccc(Cl)cc3)c2=O)cc1Cl. The van der Waals surface area contributed by atoms with Crippen molar-refractivity contribution in [2.24, 2.45) is 0 Å². The Labute approximate surface area is 158 Å². The summed E-state index contributed by atoms with van der Waals surface area (Å²) in [6.45, 7) is 1.83. The summed E-state index contributed by atoms with van der Waals surface area (Å²) in [6.07, 6.45) is 1.09. The molecule has 0 unspecified atom stereocenters. The standard InChI is InChI=1S/C18H13Cl2N3O3/c1-10-2-5-12(8-15(10)20)22-16(24)14-9-21-18(26)23(17(14)25)13-6-3-11(19)4-7-13/h2-9H,1H3,(H,21,26)(H,22,24). The van der Waals surface area contributed by atoms with Crippen molar-refractivity contribution in [1.29, 1.82) is 0 Å². The van der Waals surface area contributed by atoms with E-state index in [4.69, 9.17) is 23.2 Å². The van der Waals surface area contributed by atoms with Gasteiger partial charge in [-0.15, -0.1) is 0 Å². The molecule has 0 aliphatic heterocycles. The van der Waals surface area contributed by atoms with Crippen LogP contribution in [0, 0.1) is 6.92 Å². The van der Waals surface area contributed by atoms with Crippen LogP contribution in [-0.2, 0) is 0 Å². The molecule has 0 aliphatic rings. The zero-order valence-electron chi connectivity index (χ0n) is 13.5. The van der Waals surface area contributed by atoms with Crippen LogP contribution in [0.5, 0.6) is 0 Å². The van der Waals surface area contributed by atoms with Gasteiger partial charge in [0.2, 0.25) is 0 Å². The first-order valence-electron chi connectivity index (χ1n) is 7.55. The molecule has 2 aromatic carbocycles. The summed E-state index contributed by atoms with van der Waals surface area (Å²) in [5.74, 6) is -0.658. The molecular formula is C18H13Cl2N3O3. The summed E-state index contributed by atoms with van der Waals surface area (Å²) in [5.41, 5.74) is -0.0167. The van der Waals surface area contributed by atoms with Gasteiger partial charge in [-0.1, -0.05) is 29.3 Å². The van der Waals surface area contributed by atoms with E-state index in [0.29, 0.717) is 21.4 Å². The fraction of sp³-hybridized carbons (Fsp3) is 0.0556. The number of carbonyl (C=O) groups is 1. The van der Waals surface area contributed by atoms with E-state index in [1.807, 2.05) is 6.92 Å². The van der Waals surface area contributed by atoms with Crippen molar-refractivity contribution in [2.45, 2.75) is 6.92 Å². The second-order valence-electron chi connectivity index (χ2n) is 5.54. The monoisotopic (exact) mass is 389 g/mol. The molecule has 0 aliphatic carbocycles. The van der Waals surface area contributed by atoms with Crippen molar-refractivity contribution in [1.82, 2.24) is 9.55 Å². The fourth-order valence-electron chi connectivity index (χ4n) is 2.33. The predicted octanol–water partition coefficient (Wildman–Crippen LogP) is 3.39. The third-order valence-electron chi connectivity index (χ3n) is 3.74. The quantitative estimate of drug-likeness (QED) is 0.719. The minimum absolute atomic E-state index is 0.212. The van der Waals surface area contributed by atoms with Gasteiger partial charge in [0.05, 0.1) is 5.69 Å². The van der Waals surface area contributed by atoms with Crippen molar-refractivity contribution in [3.8, 4) is 5.69 Å². The molecule has 3 rings (SSSR count). The van der Waals surface area contributed by atoms with Crippen LogP contribution >= 0.6 is 23.2 Å². The minimum Gasteiger partial charge on any atom is -0.322 e. The Morgan fingerprint density at radius 1 is 1.08 bits per heavy atom. The van der Waals surface area contributed by atoms with Gasteiger partial charge in [-0.3, -0.25) is 9.59 Å². The number of aromatic amines is 1. The number of nitrogens with zero attached hydrogens (tertiary/aromatic N) is 1. The van der Waals surface area contributed by atoms with Gasteiger partial charge in [0.15, 0.2) is 0 Å². The largest absolute Gasteiger partial charge is 0.333 e. The normalized spacial score (nSPS) is 10.6. The number of hydrogen-bond acceptors (Lipinski definition) is 3. The Balaban J connectivity index is 2.00. The molecule has 132 valence electrons. The molecule has 1 heterocycles. The number of halogens is 2. The van der Waals surface area contributed by atoms with Crippen LogP contribution in [0.15, 0.2) is 58.3 Å². The van der Waals surface area contributed by atoms with E-state index >= 15 is 0 Å². The first-order chi connectivity index (χ1) is 12.4. The number of nitrogens with one attached hydrogen (secondary N) is 2. The fourth-order valence-corrected chi connectivity index (χ4v) is 2.64. The summed E-state index contributed by atoms with van der Waals surface area (Å²) in [5, 5.41) is 3.54. The average Bonchev–Trinajstić information content (AvgIpc) is 2.60. The van der Waals surface area contributed by atoms with Gasteiger partial charge in [-0.05, 0) is 48.9 Å². The zero-order valence-corrected chi connectivity index (χ0v) is 15.1. The molecule has 0 radical (unpaired) electrons. The third kappa shape index (κ3) is 3.56. The highest BCUT2D eigenvalue weighted by Gasteiger charge is 2.16.